The van der Waals surface area contributed by atoms with Gasteiger partial charge in [-0.25, -0.2) is 4.98 Å². The second-order valence-corrected chi connectivity index (χ2v) is 6.11. The lowest BCUT2D eigenvalue weighted by atomic mass is 10.2. The Morgan fingerprint density at radius 3 is 2.17 bits per heavy atom. The molecule has 0 unspecified atom stereocenters. The Hall–Kier alpha value is -2.70. The lowest BCUT2D eigenvalue weighted by Crippen LogP contribution is -2.13. The third-order valence-corrected chi connectivity index (χ3v) is 4.32. The second-order valence-electron chi connectivity index (χ2n) is 4.80. The van der Waals surface area contributed by atoms with Crippen molar-refractivity contribution in [3.05, 3.63) is 75.7 Å². The molecule has 24 heavy (non-hydrogen) atoms. The van der Waals surface area contributed by atoms with Crippen molar-refractivity contribution in [2.45, 2.75) is 0 Å². The minimum atomic E-state index is -0.344. The van der Waals surface area contributed by atoms with Crippen LogP contribution < -0.4 is 10.6 Å². The fourth-order valence-corrected chi connectivity index (χ4v) is 2.82. The topological polar surface area (TPSA) is 71.1 Å². The van der Waals surface area contributed by atoms with E-state index in [-0.39, 0.29) is 17.0 Å². The van der Waals surface area contributed by atoms with Gasteiger partial charge in [-0.3, -0.25) is 9.59 Å². The zero-order valence-electron chi connectivity index (χ0n) is 12.3. The van der Waals surface area contributed by atoms with Gasteiger partial charge in [0.1, 0.15) is 5.15 Å². The molecule has 2 N–H and O–H groups in total. The van der Waals surface area contributed by atoms with Gasteiger partial charge in [0.15, 0.2) is 0 Å². The second kappa shape index (κ2) is 7.25. The summed E-state index contributed by atoms with van der Waals surface area (Å²) in [7, 11) is 0. The molecule has 7 heteroatoms. The van der Waals surface area contributed by atoms with Crippen molar-refractivity contribution >= 4 is 46.1 Å². The van der Waals surface area contributed by atoms with E-state index in [0.29, 0.717) is 21.8 Å². The van der Waals surface area contributed by atoms with E-state index in [9.17, 15) is 9.59 Å². The highest BCUT2D eigenvalue weighted by Gasteiger charge is 2.11. The average molecular weight is 358 g/mol. The molecule has 1 aromatic carbocycles. The van der Waals surface area contributed by atoms with Crippen molar-refractivity contribution in [1.29, 1.82) is 0 Å². The fraction of sp³-hybridized carbons (Fsp3) is 0. The Bertz CT molecular complexity index is 864. The monoisotopic (exact) mass is 357 g/mol. The van der Waals surface area contributed by atoms with Crippen LogP contribution in [0.1, 0.15) is 20.0 Å². The standard InChI is InChI=1S/C17H12ClN3O2S/c18-15-13(3-1-9-19-15)16(22)20-11-5-7-12(8-6-11)21-17(23)14-4-2-10-24-14/h1-10H,(H,20,22)(H,21,23). The van der Waals surface area contributed by atoms with E-state index in [4.69, 9.17) is 11.6 Å². The summed E-state index contributed by atoms with van der Waals surface area (Å²) in [6.07, 6.45) is 1.52. The number of hydrogen-bond donors (Lipinski definition) is 2. The van der Waals surface area contributed by atoms with Gasteiger partial charge in [-0.2, -0.15) is 0 Å². The van der Waals surface area contributed by atoms with E-state index in [1.54, 1.807) is 42.5 Å². The first kappa shape index (κ1) is 16.2. The number of anilines is 2. The number of rotatable bonds is 4. The molecular formula is C17H12ClN3O2S. The lowest BCUT2D eigenvalue weighted by Gasteiger charge is -2.08. The van der Waals surface area contributed by atoms with E-state index >= 15 is 0 Å². The van der Waals surface area contributed by atoms with Gasteiger partial charge in [-0.05, 0) is 47.8 Å². The first-order valence-electron chi connectivity index (χ1n) is 7.00. The number of aromatic nitrogens is 1. The Balaban J connectivity index is 1.65. The number of nitrogens with one attached hydrogen (secondary N) is 2. The van der Waals surface area contributed by atoms with Crippen LogP contribution in [0.25, 0.3) is 0 Å². The van der Waals surface area contributed by atoms with E-state index < -0.39 is 0 Å². The molecule has 0 saturated carbocycles. The molecule has 3 rings (SSSR count). The molecule has 0 bridgehead atoms. The van der Waals surface area contributed by atoms with Crippen LogP contribution in [0, 0.1) is 0 Å². The third-order valence-electron chi connectivity index (χ3n) is 3.15. The lowest BCUT2D eigenvalue weighted by molar-refractivity contribution is 0.102. The van der Waals surface area contributed by atoms with Crippen LogP contribution in [0.15, 0.2) is 60.1 Å². The molecule has 2 amide bonds. The molecule has 0 fully saturated rings. The van der Waals surface area contributed by atoms with Crippen molar-refractivity contribution in [3.63, 3.8) is 0 Å². The van der Waals surface area contributed by atoms with Crippen molar-refractivity contribution in [1.82, 2.24) is 4.98 Å². The Kier molecular flexibility index (Phi) is 4.88. The predicted octanol–water partition coefficient (Wildman–Crippen LogP) is 4.30. The van der Waals surface area contributed by atoms with Crippen molar-refractivity contribution in [2.75, 3.05) is 10.6 Å². The summed E-state index contributed by atoms with van der Waals surface area (Å²) in [6.45, 7) is 0. The highest BCUT2D eigenvalue weighted by Crippen LogP contribution is 2.18. The molecular weight excluding hydrogens is 346 g/mol. The molecule has 0 saturated heterocycles. The fourth-order valence-electron chi connectivity index (χ4n) is 1.99. The number of carbonyl (C=O) groups excluding carboxylic acids is 2. The average Bonchev–Trinajstić information content (AvgIpc) is 3.11. The smallest absolute Gasteiger partial charge is 0.265 e. The van der Waals surface area contributed by atoms with Crippen LogP contribution >= 0.6 is 22.9 Å². The number of carbonyl (C=O) groups is 2. The molecule has 0 atom stereocenters. The van der Waals surface area contributed by atoms with Crippen molar-refractivity contribution < 1.29 is 9.59 Å². The van der Waals surface area contributed by atoms with Crippen LogP contribution in [0.5, 0.6) is 0 Å². The summed E-state index contributed by atoms with van der Waals surface area (Å²) in [5, 5.41) is 7.52. The van der Waals surface area contributed by atoms with Gasteiger partial charge >= 0.3 is 0 Å². The highest BCUT2D eigenvalue weighted by atomic mass is 35.5. The van der Waals surface area contributed by atoms with Crippen LogP contribution in [0.3, 0.4) is 0 Å². The number of pyridine rings is 1. The van der Waals surface area contributed by atoms with Crippen LogP contribution in [0.2, 0.25) is 5.15 Å². The van der Waals surface area contributed by atoms with Crippen LogP contribution in [-0.4, -0.2) is 16.8 Å². The van der Waals surface area contributed by atoms with E-state index in [2.05, 4.69) is 15.6 Å². The highest BCUT2D eigenvalue weighted by molar-refractivity contribution is 7.12. The number of hydrogen-bond acceptors (Lipinski definition) is 4. The maximum Gasteiger partial charge on any atom is 0.265 e. The van der Waals surface area contributed by atoms with Crippen LogP contribution in [-0.2, 0) is 0 Å². The Morgan fingerprint density at radius 1 is 0.917 bits per heavy atom. The summed E-state index contributed by atoms with van der Waals surface area (Å²) in [5.41, 5.74) is 1.54. The maximum atomic E-state index is 12.1. The maximum absolute atomic E-state index is 12.1. The predicted molar refractivity (Wildman–Crippen MR) is 95.9 cm³/mol. The molecule has 5 nitrogen and oxygen atoms in total. The molecule has 0 aliphatic heterocycles. The summed E-state index contributed by atoms with van der Waals surface area (Å²) in [5.74, 6) is -0.507. The van der Waals surface area contributed by atoms with Gasteiger partial charge in [0.05, 0.1) is 10.4 Å². The minimum absolute atomic E-state index is 0.148. The van der Waals surface area contributed by atoms with Crippen LogP contribution in [0.4, 0.5) is 11.4 Å². The first-order chi connectivity index (χ1) is 11.6. The number of benzene rings is 1. The SMILES string of the molecule is O=C(Nc1ccc(NC(=O)c2cccnc2Cl)cc1)c1cccs1. The zero-order valence-corrected chi connectivity index (χ0v) is 13.9. The number of halogens is 1. The number of nitrogens with zero attached hydrogens (tertiary/aromatic N) is 1. The Morgan fingerprint density at radius 2 is 1.58 bits per heavy atom. The molecule has 0 radical (unpaired) electrons. The molecule has 0 aliphatic rings. The van der Waals surface area contributed by atoms with Gasteiger partial charge in [0.25, 0.3) is 11.8 Å². The summed E-state index contributed by atoms with van der Waals surface area (Å²) >= 11 is 7.27. The molecule has 3 aromatic rings. The molecule has 2 aromatic heterocycles. The summed E-state index contributed by atoms with van der Waals surface area (Å²) < 4.78 is 0. The molecule has 120 valence electrons. The zero-order chi connectivity index (χ0) is 16.9. The van der Waals surface area contributed by atoms with Gasteiger partial charge in [0, 0.05) is 17.6 Å². The number of amides is 2. The normalized spacial score (nSPS) is 10.2. The van der Waals surface area contributed by atoms with Gasteiger partial charge in [0.2, 0.25) is 0 Å². The van der Waals surface area contributed by atoms with Gasteiger partial charge < -0.3 is 10.6 Å². The minimum Gasteiger partial charge on any atom is -0.322 e. The van der Waals surface area contributed by atoms with Gasteiger partial charge in [-0.1, -0.05) is 17.7 Å². The largest absolute Gasteiger partial charge is 0.322 e. The molecule has 0 spiro atoms. The van der Waals surface area contributed by atoms with Crippen molar-refractivity contribution in [3.8, 4) is 0 Å². The van der Waals surface area contributed by atoms with E-state index in [0.717, 1.165) is 0 Å². The summed E-state index contributed by atoms with van der Waals surface area (Å²) in [6, 6.07) is 13.6. The number of thiophene rings is 1. The van der Waals surface area contributed by atoms with E-state index in [1.807, 2.05) is 11.4 Å². The summed E-state index contributed by atoms with van der Waals surface area (Å²) in [4.78, 5) is 28.6. The van der Waals surface area contributed by atoms with E-state index in [1.165, 1.54) is 17.5 Å². The first-order valence-corrected chi connectivity index (χ1v) is 8.26. The third kappa shape index (κ3) is 3.79. The quantitative estimate of drug-likeness (QED) is 0.684. The Labute approximate surface area is 147 Å². The van der Waals surface area contributed by atoms with Crippen molar-refractivity contribution in [2.24, 2.45) is 0 Å². The van der Waals surface area contributed by atoms with Gasteiger partial charge in [-0.15, -0.1) is 11.3 Å². The molecule has 0 aliphatic carbocycles. The molecule has 2 heterocycles.